The lowest BCUT2D eigenvalue weighted by atomic mass is 10.1. The summed E-state index contributed by atoms with van der Waals surface area (Å²) in [6, 6.07) is 3.67. The molecular formula is C28H43NO8. The first-order valence-corrected chi connectivity index (χ1v) is 13.2. The van der Waals surface area contributed by atoms with E-state index in [1.165, 1.54) is 12.1 Å². The average Bonchev–Trinajstić information content (AvgIpc) is 2.81. The zero-order valence-corrected chi connectivity index (χ0v) is 23.1. The van der Waals surface area contributed by atoms with E-state index in [4.69, 9.17) is 18.9 Å². The van der Waals surface area contributed by atoms with Crippen LogP contribution in [0.5, 0.6) is 11.5 Å². The second kappa shape index (κ2) is 16.6. The first-order chi connectivity index (χ1) is 17.5. The summed E-state index contributed by atoms with van der Waals surface area (Å²) in [5.74, 6) is -1.27. The molecule has 0 fully saturated rings. The highest BCUT2D eigenvalue weighted by Crippen LogP contribution is 2.30. The van der Waals surface area contributed by atoms with E-state index in [0.29, 0.717) is 24.8 Å². The second-order valence-electron chi connectivity index (χ2n) is 9.86. The smallest absolute Gasteiger partial charge is 0.408 e. The van der Waals surface area contributed by atoms with Crippen molar-refractivity contribution in [3.05, 3.63) is 23.8 Å². The van der Waals surface area contributed by atoms with Crippen LogP contribution in [0.1, 0.15) is 98.5 Å². The minimum Gasteiger partial charge on any atom is -0.464 e. The number of benzene rings is 1. The van der Waals surface area contributed by atoms with Crippen molar-refractivity contribution in [2.24, 2.45) is 0 Å². The van der Waals surface area contributed by atoms with Gasteiger partial charge in [-0.2, -0.15) is 0 Å². The summed E-state index contributed by atoms with van der Waals surface area (Å²) in [5, 5.41) is 2.58. The van der Waals surface area contributed by atoms with Crippen molar-refractivity contribution in [2.75, 3.05) is 6.61 Å². The number of unbranched alkanes of at least 4 members (excludes halogenated alkanes) is 3. The number of esters is 3. The van der Waals surface area contributed by atoms with Gasteiger partial charge in [0.25, 0.3) is 0 Å². The Hall–Kier alpha value is -3.10. The predicted octanol–water partition coefficient (Wildman–Crippen LogP) is 5.66. The average molecular weight is 522 g/mol. The van der Waals surface area contributed by atoms with Crippen LogP contribution >= 0.6 is 0 Å². The Morgan fingerprint density at radius 3 is 1.95 bits per heavy atom. The maximum Gasteiger partial charge on any atom is 0.408 e. The van der Waals surface area contributed by atoms with Crippen molar-refractivity contribution in [2.45, 2.75) is 111 Å². The fourth-order valence-corrected chi connectivity index (χ4v) is 3.13. The zero-order chi connectivity index (χ0) is 27.8. The fourth-order valence-electron chi connectivity index (χ4n) is 3.13. The minimum absolute atomic E-state index is 0.0494. The number of ether oxygens (including phenoxy) is 4. The van der Waals surface area contributed by atoms with E-state index in [9.17, 15) is 19.2 Å². The molecule has 37 heavy (non-hydrogen) atoms. The normalized spacial score (nSPS) is 11.8. The summed E-state index contributed by atoms with van der Waals surface area (Å²) in [7, 11) is 0. The number of hydrogen-bond donors (Lipinski definition) is 1. The molecule has 0 bridgehead atoms. The zero-order valence-electron chi connectivity index (χ0n) is 23.1. The lowest BCUT2D eigenvalue weighted by Gasteiger charge is -2.23. The molecule has 1 rings (SSSR count). The number of amides is 1. The Labute approximate surface area is 220 Å². The molecular weight excluding hydrogens is 478 g/mol. The molecule has 208 valence electrons. The lowest BCUT2D eigenvalue weighted by Crippen LogP contribution is -2.45. The van der Waals surface area contributed by atoms with Crippen molar-refractivity contribution < 1.29 is 38.1 Å². The molecule has 0 saturated heterocycles. The van der Waals surface area contributed by atoms with Crippen molar-refractivity contribution in [1.29, 1.82) is 0 Å². The molecule has 1 N–H and O–H groups in total. The van der Waals surface area contributed by atoms with E-state index in [2.05, 4.69) is 5.32 Å². The maximum absolute atomic E-state index is 12.8. The van der Waals surface area contributed by atoms with E-state index in [0.717, 1.165) is 19.3 Å². The number of hydrogen-bond acceptors (Lipinski definition) is 8. The molecule has 9 nitrogen and oxygen atoms in total. The van der Waals surface area contributed by atoms with Gasteiger partial charge >= 0.3 is 24.0 Å². The molecule has 1 amide bonds. The molecule has 0 aromatic heterocycles. The fraction of sp³-hybridized carbons (Fsp3) is 0.643. The van der Waals surface area contributed by atoms with Gasteiger partial charge in [-0.25, -0.2) is 9.59 Å². The summed E-state index contributed by atoms with van der Waals surface area (Å²) in [5.41, 5.74) is -0.177. The van der Waals surface area contributed by atoms with Crippen LogP contribution in [0, 0.1) is 0 Å². The van der Waals surface area contributed by atoms with Gasteiger partial charge in [0.2, 0.25) is 0 Å². The van der Waals surface area contributed by atoms with Crippen molar-refractivity contribution in [1.82, 2.24) is 5.32 Å². The summed E-state index contributed by atoms with van der Waals surface area (Å²) in [4.78, 5) is 49.7. The molecule has 0 radical (unpaired) electrons. The quantitative estimate of drug-likeness (QED) is 0.179. The Kier molecular flexibility index (Phi) is 14.3. The Bertz CT molecular complexity index is 891. The van der Waals surface area contributed by atoms with Gasteiger partial charge in [0.1, 0.15) is 11.6 Å². The van der Waals surface area contributed by atoms with Gasteiger partial charge in [-0.1, -0.05) is 46.1 Å². The number of alkyl carbamates (subject to hydrolysis) is 1. The summed E-state index contributed by atoms with van der Waals surface area (Å²) >= 11 is 0. The van der Waals surface area contributed by atoms with E-state index in [1.54, 1.807) is 26.8 Å². The topological polar surface area (TPSA) is 117 Å². The highest BCUT2D eigenvalue weighted by molar-refractivity contribution is 5.82. The molecule has 0 aliphatic carbocycles. The van der Waals surface area contributed by atoms with Gasteiger partial charge in [-0.05, 0) is 57.7 Å². The number of carbonyl (C=O) groups is 4. The third kappa shape index (κ3) is 13.7. The number of carbonyl (C=O) groups excluding carboxylic acids is 4. The van der Waals surface area contributed by atoms with Gasteiger partial charge in [-0.15, -0.1) is 0 Å². The monoisotopic (exact) mass is 521 g/mol. The van der Waals surface area contributed by atoms with Crippen molar-refractivity contribution in [3.8, 4) is 11.5 Å². The standard InChI is InChI=1S/C28H43NO8/c1-7-10-13-24(30)35-22-16-15-20(19-23(22)36-25(31)14-11-8-2)18-21(26(32)34-17-12-9-3)29-27(33)37-28(4,5)6/h15-16,19,21H,7-14,17-18H2,1-6H3,(H,29,33). The molecule has 0 aliphatic rings. The van der Waals surface area contributed by atoms with E-state index in [1.807, 2.05) is 20.8 Å². The number of rotatable bonds is 15. The van der Waals surface area contributed by atoms with Gasteiger partial charge in [0, 0.05) is 19.3 Å². The van der Waals surface area contributed by atoms with Crippen LogP contribution in [0.25, 0.3) is 0 Å². The molecule has 1 atom stereocenters. The Balaban J connectivity index is 3.18. The van der Waals surface area contributed by atoms with Crippen LogP contribution < -0.4 is 14.8 Å². The first kappa shape index (κ1) is 31.9. The maximum atomic E-state index is 12.8. The van der Waals surface area contributed by atoms with Crippen LogP contribution in [-0.2, 0) is 30.3 Å². The van der Waals surface area contributed by atoms with Gasteiger partial charge in [0.05, 0.1) is 6.61 Å². The molecule has 1 aromatic rings. The van der Waals surface area contributed by atoms with E-state index >= 15 is 0 Å². The molecule has 0 spiro atoms. The second-order valence-corrected chi connectivity index (χ2v) is 9.86. The van der Waals surface area contributed by atoms with E-state index < -0.39 is 35.6 Å². The summed E-state index contributed by atoms with van der Waals surface area (Å²) in [6.45, 7) is 11.3. The molecule has 0 heterocycles. The summed E-state index contributed by atoms with van der Waals surface area (Å²) < 4.78 is 21.6. The molecule has 0 aliphatic heterocycles. The predicted molar refractivity (Wildman–Crippen MR) is 139 cm³/mol. The van der Waals surface area contributed by atoms with Gasteiger partial charge in [0.15, 0.2) is 11.5 Å². The third-order valence-corrected chi connectivity index (χ3v) is 5.08. The van der Waals surface area contributed by atoms with Crippen LogP contribution in [0.2, 0.25) is 0 Å². The van der Waals surface area contributed by atoms with Crippen LogP contribution in [0.4, 0.5) is 4.79 Å². The van der Waals surface area contributed by atoms with Crippen molar-refractivity contribution >= 4 is 24.0 Å². The molecule has 1 unspecified atom stereocenters. The van der Waals surface area contributed by atoms with Gasteiger partial charge < -0.3 is 24.3 Å². The minimum atomic E-state index is -1.03. The molecule has 0 saturated carbocycles. The first-order valence-electron chi connectivity index (χ1n) is 13.2. The SMILES string of the molecule is CCCCOC(=O)C(Cc1ccc(OC(=O)CCCC)c(OC(=O)CCCC)c1)NC(=O)OC(C)(C)C. The van der Waals surface area contributed by atoms with Crippen LogP contribution in [0.15, 0.2) is 18.2 Å². The van der Waals surface area contributed by atoms with Crippen LogP contribution in [-0.4, -0.2) is 42.3 Å². The Morgan fingerprint density at radius 1 is 0.838 bits per heavy atom. The number of nitrogens with one attached hydrogen (secondary N) is 1. The lowest BCUT2D eigenvalue weighted by molar-refractivity contribution is -0.146. The van der Waals surface area contributed by atoms with E-state index in [-0.39, 0.29) is 37.4 Å². The van der Waals surface area contributed by atoms with Crippen LogP contribution in [0.3, 0.4) is 0 Å². The molecule has 1 aromatic carbocycles. The highest BCUT2D eigenvalue weighted by atomic mass is 16.6. The largest absolute Gasteiger partial charge is 0.464 e. The third-order valence-electron chi connectivity index (χ3n) is 5.08. The van der Waals surface area contributed by atoms with Crippen molar-refractivity contribution in [3.63, 3.8) is 0 Å². The summed E-state index contributed by atoms with van der Waals surface area (Å²) in [6.07, 6.45) is 4.31. The highest BCUT2D eigenvalue weighted by Gasteiger charge is 2.27. The molecule has 9 heteroatoms. The Morgan fingerprint density at radius 2 is 1.41 bits per heavy atom. The van der Waals surface area contributed by atoms with Gasteiger partial charge in [-0.3, -0.25) is 9.59 Å².